The van der Waals surface area contributed by atoms with Crippen LogP contribution < -0.4 is 5.32 Å². The summed E-state index contributed by atoms with van der Waals surface area (Å²) < 4.78 is 25.1. The van der Waals surface area contributed by atoms with Crippen LogP contribution in [0.3, 0.4) is 0 Å². The summed E-state index contributed by atoms with van der Waals surface area (Å²) in [5.41, 5.74) is -1.30. The monoisotopic (exact) mass is 306 g/mol. The number of amides is 1. The minimum atomic E-state index is -3.69. The van der Waals surface area contributed by atoms with Gasteiger partial charge in [-0.2, -0.15) is 0 Å². The van der Waals surface area contributed by atoms with Crippen molar-refractivity contribution in [3.8, 4) is 0 Å². The normalized spacial score (nSPS) is 18.1. The molecule has 116 valence electrons. The first-order valence-corrected chi connectivity index (χ1v) is 8.40. The molecule has 1 aliphatic rings. The van der Waals surface area contributed by atoms with Crippen molar-refractivity contribution in [2.75, 3.05) is 18.8 Å². The van der Waals surface area contributed by atoms with Crippen molar-refractivity contribution in [1.29, 1.82) is 0 Å². The second kappa shape index (κ2) is 6.53. The second-order valence-corrected chi connectivity index (χ2v) is 6.95. The van der Waals surface area contributed by atoms with Gasteiger partial charge in [-0.15, -0.1) is 0 Å². The second-order valence-electron chi connectivity index (χ2n) is 4.98. The van der Waals surface area contributed by atoms with Gasteiger partial charge in [-0.25, -0.2) is 17.5 Å². The van der Waals surface area contributed by atoms with Crippen LogP contribution in [0.2, 0.25) is 0 Å². The molecule has 0 aliphatic heterocycles. The lowest BCUT2D eigenvalue weighted by Gasteiger charge is -2.26. The molecule has 1 fully saturated rings. The molecule has 1 rings (SSSR count). The van der Waals surface area contributed by atoms with Gasteiger partial charge in [0.1, 0.15) is 11.3 Å². The highest BCUT2D eigenvalue weighted by atomic mass is 32.2. The average molecular weight is 306 g/mol. The van der Waals surface area contributed by atoms with Gasteiger partial charge >= 0.3 is 5.97 Å². The van der Waals surface area contributed by atoms with E-state index < -0.39 is 33.2 Å². The molecule has 1 amide bonds. The van der Waals surface area contributed by atoms with Gasteiger partial charge in [-0.05, 0) is 12.8 Å². The first-order chi connectivity index (χ1) is 9.27. The summed E-state index contributed by atoms with van der Waals surface area (Å²) in [6.45, 7) is 3.95. The number of rotatable bonds is 7. The first-order valence-electron chi connectivity index (χ1n) is 6.79. The summed E-state index contributed by atoms with van der Waals surface area (Å²) in [6, 6.07) is 0. The van der Waals surface area contributed by atoms with Crippen LogP contribution in [-0.4, -0.2) is 54.1 Å². The molecule has 0 aromatic carbocycles. The molecule has 8 heteroatoms. The Balaban J connectivity index is 2.74. The van der Waals surface area contributed by atoms with Crippen LogP contribution in [-0.2, 0) is 19.6 Å². The van der Waals surface area contributed by atoms with Gasteiger partial charge < -0.3 is 10.4 Å². The zero-order valence-corrected chi connectivity index (χ0v) is 12.7. The Hall–Kier alpha value is -1.15. The zero-order chi connectivity index (χ0) is 15.4. The van der Waals surface area contributed by atoms with Crippen LogP contribution in [0.5, 0.6) is 0 Å². The van der Waals surface area contributed by atoms with Crippen LogP contribution in [0.1, 0.15) is 39.5 Å². The van der Waals surface area contributed by atoms with Crippen molar-refractivity contribution < 1.29 is 23.1 Å². The summed E-state index contributed by atoms with van der Waals surface area (Å²) in [7, 11) is -3.69. The van der Waals surface area contributed by atoms with Crippen LogP contribution in [0.15, 0.2) is 0 Å². The minimum absolute atomic E-state index is 0.288. The Morgan fingerprint density at radius 1 is 1.20 bits per heavy atom. The van der Waals surface area contributed by atoms with Crippen LogP contribution in [0.4, 0.5) is 0 Å². The standard InChI is InChI=1S/C12H22N2O5S/c1-3-14(4-2)20(18,19)9-10(15)13-12(11(16)17)7-5-6-8-12/h3-9H2,1-2H3,(H,13,15)(H,16,17). The van der Waals surface area contributed by atoms with E-state index in [1.54, 1.807) is 13.8 Å². The third-order valence-corrected chi connectivity index (χ3v) is 5.59. The number of carbonyl (C=O) groups is 2. The van der Waals surface area contributed by atoms with E-state index in [1.165, 1.54) is 4.31 Å². The van der Waals surface area contributed by atoms with E-state index in [2.05, 4.69) is 5.32 Å². The number of carbonyl (C=O) groups excluding carboxylic acids is 1. The number of aliphatic carboxylic acids is 1. The number of carboxylic acid groups (broad SMARTS) is 1. The third-order valence-electron chi connectivity index (χ3n) is 3.66. The molecule has 2 N–H and O–H groups in total. The molecular formula is C12H22N2O5S. The number of sulfonamides is 1. The van der Waals surface area contributed by atoms with Crippen LogP contribution in [0.25, 0.3) is 0 Å². The maximum Gasteiger partial charge on any atom is 0.329 e. The van der Waals surface area contributed by atoms with Gasteiger partial charge in [0.25, 0.3) is 0 Å². The maximum atomic E-state index is 12.0. The minimum Gasteiger partial charge on any atom is -0.480 e. The largest absolute Gasteiger partial charge is 0.480 e. The lowest BCUT2D eigenvalue weighted by Crippen LogP contribution is -2.54. The van der Waals surface area contributed by atoms with E-state index in [0.29, 0.717) is 12.8 Å². The molecule has 0 saturated heterocycles. The topological polar surface area (TPSA) is 104 Å². The number of hydrogen-bond acceptors (Lipinski definition) is 4. The molecule has 0 aromatic heterocycles. The van der Waals surface area contributed by atoms with Gasteiger partial charge in [-0.3, -0.25) is 4.79 Å². The van der Waals surface area contributed by atoms with E-state index in [0.717, 1.165) is 12.8 Å². The molecule has 0 spiro atoms. The summed E-state index contributed by atoms with van der Waals surface area (Å²) in [5.74, 6) is -2.55. The van der Waals surface area contributed by atoms with Gasteiger partial charge in [0, 0.05) is 13.1 Å². The average Bonchev–Trinajstić information content (AvgIpc) is 2.78. The van der Waals surface area contributed by atoms with Gasteiger partial charge in [-0.1, -0.05) is 26.7 Å². The summed E-state index contributed by atoms with van der Waals surface area (Å²) in [4.78, 5) is 23.2. The van der Waals surface area contributed by atoms with Crippen molar-refractivity contribution in [1.82, 2.24) is 9.62 Å². The highest BCUT2D eigenvalue weighted by Gasteiger charge is 2.43. The summed E-state index contributed by atoms with van der Waals surface area (Å²) in [5, 5.41) is 11.6. The predicted octanol–water partition coefficient (Wildman–Crippen LogP) is 0.172. The molecular weight excluding hydrogens is 284 g/mol. The van der Waals surface area contributed by atoms with E-state index in [1.807, 2.05) is 0 Å². The van der Waals surface area contributed by atoms with E-state index in [-0.39, 0.29) is 13.1 Å². The van der Waals surface area contributed by atoms with E-state index in [4.69, 9.17) is 0 Å². The maximum absolute atomic E-state index is 12.0. The van der Waals surface area contributed by atoms with Crippen LogP contribution >= 0.6 is 0 Å². The van der Waals surface area contributed by atoms with Crippen molar-refractivity contribution in [2.45, 2.75) is 45.1 Å². The van der Waals surface area contributed by atoms with E-state index in [9.17, 15) is 23.1 Å². The third kappa shape index (κ3) is 3.69. The smallest absolute Gasteiger partial charge is 0.329 e. The highest BCUT2D eigenvalue weighted by molar-refractivity contribution is 7.89. The van der Waals surface area contributed by atoms with Crippen molar-refractivity contribution in [3.05, 3.63) is 0 Å². The first kappa shape index (κ1) is 16.9. The number of nitrogens with zero attached hydrogens (tertiary/aromatic N) is 1. The molecule has 0 atom stereocenters. The van der Waals surface area contributed by atoms with Crippen molar-refractivity contribution in [3.63, 3.8) is 0 Å². The quantitative estimate of drug-likeness (QED) is 0.698. The lowest BCUT2D eigenvalue weighted by atomic mass is 9.98. The Morgan fingerprint density at radius 2 is 1.70 bits per heavy atom. The molecule has 0 radical (unpaired) electrons. The van der Waals surface area contributed by atoms with Gasteiger partial charge in [0.05, 0.1) is 0 Å². The molecule has 1 aliphatic carbocycles. The fraction of sp³-hybridized carbons (Fsp3) is 0.833. The summed E-state index contributed by atoms with van der Waals surface area (Å²) >= 11 is 0. The molecule has 0 aromatic rings. The summed E-state index contributed by atoms with van der Waals surface area (Å²) in [6.07, 6.45) is 2.13. The fourth-order valence-electron chi connectivity index (χ4n) is 2.55. The Labute approximate surface area is 119 Å². The van der Waals surface area contributed by atoms with Gasteiger partial charge in [0.2, 0.25) is 15.9 Å². The number of nitrogens with one attached hydrogen (secondary N) is 1. The van der Waals surface area contributed by atoms with Crippen LogP contribution in [0, 0.1) is 0 Å². The molecule has 0 unspecified atom stereocenters. The van der Waals surface area contributed by atoms with Crippen molar-refractivity contribution in [2.24, 2.45) is 0 Å². The zero-order valence-electron chi connectivity index (χ0n) is 11.9. The molecule has 7 nitrogen and oxygen atoms in total. The Kier molecular flexibility index (Phi) is 5.52. The van der Waals surface area contributed by atoms with Gasteiger partial charge in [0.15, 0.2) is 0 Å². The predicted molar refractivity (Wildman–Crippen MR) is 73.7 cm³/mol. The fourth-order valence-corrected chi connectivity index (χ4v) is 3.92. The molecule has 0 heterocycles. The highest BCUT2D eigenvalue weighted by Crippen LogP contribution is 2.29. The lowest BCUT2D eigenvalue weighted by molar-refractivity contribution is -0.147. The number of hydrogen-bond donors (Lipinski definition) is 2. The molecule has 20 heavy (non-hydrogen) atoms. The Morgan fingerprint density at radius 3 is 2.10 bits per heavy atom. The van der Waals surface area contributed by atoms with Crippen molar-refractivity contribution >= 4 is 21.9 Å². The molecule has 1 saturated carbocycles. The van der Waals surface area contributed by atoms with E-state index >= 15 is 0 Å². The number of carboxylic acids is 1. The molecule has 0 bridgehead atoms. The Bertz CT molecular complexity index is 464. The SMILES string of the molecule is CCN(CC)S(=O)(=O)CC(=O)NC1(C(=O)O)CCCC1.